The molecule has 0 bridgehead atoms. The van der Waals surface area contributed by atoms with E-state index < -0.39 is 0 Å². The summed E-state index contributed by atoms with van der Waals surface area (Å²) in [5, 5.41) is 0. The van der Waals surface area contributed by atoms with Crippen molar-refractivity contribution in [3.05, 3.63) is 77.9 Å². The number of fused-ring (bicyclic) bond motifs is 1. The summed E-state index contributed by atoms with van der Waals surface area (Å²) in [7, 11) is 0. The normalized spacial score (nSPS) is 16.3. The molecule has 0 aliphatic carbocycles. The number of carbonyl (C=O) groups excluding carboxylic acids is 1. The minimum atomic E-state index is 0.0189. The van der Waals surface area contributed by atoms with Crippen molar-refractivity contribution in [3.8, 4) is 11.3 Å². The van der Waals surface area contributed by atoms with Gasteiger partial charge in [-0.3, -0.25) is 9.20 Å². The zero-order valence-corrected chi connectivity index (χ0v) is 16.7. The Labute approximate surface area is 174 Å². The number of carbonyl (C=O) groups is 1. The molecule has 1 aliphatic heterocycles. The molecule has 5 rings (SSSR count). The van der Waals surface area contributed by atoms with Crippen LogP contribution in [0.3, 0.4) is 0 Å². The van der Waals surface area contributed by atoms with Crippen LogP contribution in [0.15, 0.2) is 60.9 Å². The van der Waals surface area contributed by atoms with Crippen molar-refractivity contribution in [2.45, 2.75) is 25.8 Å². The number of hydrogen-bond acceptors (Lipinski definition) is 5. The number of nitrogens with two attached hydrogens (primary N) is 1. The maximum Gasteiger partial charge on any atom is 0.273 e. The molecule has 1 fully saturated rings. The number of benzene rings is 1. The summed E-state index contributed by atoms with van der Waals surface area (Å²) in [6, 6.07) is 16.0. The molecule has 1 atom stereocenters. The lowest BCUT2D eigenvalue weighted by atomic mass is 10.0. The van der Waals surface area contributed by atoms with Crippen molar-refractivity contribution in [1.82, 2.24) is 24.3 Å². The molecule has 150 valence electrons. The van der Waals surface area contributed by atoms with Crippen LogP contribution >= 0.6 is 0 Å². The van der Waals surface area contributed by atoms with Crippen LogP contribution in [0.5, 0.6) is 0 Å². The van der Waals surface area contributed by atoms with Gasteiger partial charge in [0.2, 0.25) is 5.95 Å². The monoisotopic (exact) mass is 398 g/mol. The summed E-state index contributed by atoms with van der Waals surface area (Å²) >= 11 is 0. The highest BCUT2D eigenvalue weighted by molar-refractivity contribution is 5.95. The first-order chi connectivity index (χ1) is 14.6. The van der Waals surface area contributed by atoms with Crippen molar-refractivity contribution in [3.63, 3.8) is 0 Å². The lowest BCUT2D eigenvalue weighted by Crippen LogP contribution is -2.31. The minimum absolute atomic E-state index is 0.0189. The van der Waals surface area contributed by atoms with Crippen LogP contribution in [0.1, 0.15) is 40.6 Å². The number of anilines is 1. The Kier molecular flexibility index (Phi) is 4.43. The first-order valence-electron chi connectivity index (χ1n) is 10.1. The number of aromatic nitrogens is 4. The van der Waals surface area contributed by atoms with E-state index in [-0.39, 0.29) is 17.9 Å². The third-order valence-electron chi connectivity index (χ3n) is 5.67. The van der Waals surface area contributed by atoms with Gasteiger partial charge in [-0.15, -0.1) is 0 Å². The molecule has 1 amide bonds. The Balaban J connectivity index is 1.52. The summed E-state index contributed by atoms with van der Waals surface area (Å²) in [4.78, 5) is 28.4. The van der Waals surface area contributed by atoms with Crippen molar-refractivity contribution < 1.29 is 4.79 Å². The number of pyridine rings is 1. The van der Waals surface area contributed by atoms with Gasteiger partial charge in [-0.05, 0) is 43.5 Å². The van der Waals surface area contributed by atoms with E-state index in [1.165, 1.54) is 5.56 Å². The van der Waals surface area contributed by atoms with Crippen LogP contribution in [0.2, 0.25) is 0 Å². The molecule has 4 heterocycles. The number of imidazole rings is 1. The largest absolute Gasteiger partial charge is 0.368 e. The molecule has 1 aliphatic rings. The van der Waals surface area contributed by atoms with E-state index in [0.717, 1.165) is 36.3 Å². The Hall–Kier alpha value is -3.74. The topological polar surface area (TPSA) is 89.4 Å². The molecular weight excluding hydrogens is 376 g/mol. The van der Waals surface area contributed by atoms with E-state index in [0.29, 0.717) is 11.3 Å². The highest BCUT2D eigenvalue weighted by Gasteiger charge is 2.33. The fraction of sp³-hybridized carbons (Fsp3) is 0.217. The second kappa shape index (κ2) is 7.26. The van der Waals surface area contributed by atoms with Crippen LogP contribution in [-0.4, -0.2) is 36.7 Å². The average molecular weight is 398 g/mol. The van der Waals surface area contributed by atoms with Gasteiger partial charge < -0.3 is 10.6 Å². The van der Waals surface area contributed by atoms with Gasteiger partial charge in [-0.2, -0.15) is 0 Å². The second-order valence-electron chi connectivity index (χ2n) is 7.56. The van der Waals surface area contributed by atoms with Crippen molar-refractivity contribution in [2.75, 3.05) is 12.3 Å². The lowest BCUT2D eigenvalue weighted by molar-refractivity contribution is 0.0728. The summed E-state index contributed by atoms with van der Waals surface area (Å²) in [6.45, 7) is 2.64. The van der Waals surface area contributed by atoms with E-state index in [1.807, 2.05) is 52.8 Å². The van der Waals surface area contributed by atoms with E-state index in [4.69, 9.17) is 5.73 Å². The van der Waals surface area contributed by atoms with Gasteiger partial charge in [0, 0.05) is 24.5 Å². The van der Waals surface area contributed by atoms with E-state index >= 15 is 0 Å². The molecule has 3 aromatic heterocycles. The van der Waals surface area contributed by atoms with Crippen molar-refractivity contribution in [1.29, 1.82) is 0 Å². The number of rotatable bonds is 3. The number of aryl methyl sites for hydroxylation is 1. The highest BCUT2D eigenvalue weighted by Crippen LogP contribution is 2.33. The number of amides is 1. The molecule has 0 spiro atoms. The molecule has 0 saturated carbocycles. The smallest absolute Gasteiger partial charge is 0.273 e. The first kappa shape index (κ1) is 18.3. The number of nitrogen functional groups attached to an aromatic ring is 1. The molecule has 2 N–H and O–H groups in total. The maximum absolute atomic E-state index is 13.6. The van der Waals surface area contributed by atoms with Crippen LogP contribution in [-0.2, 0) is 0 Å². The third kappa shape index (κ3) is 3.08. The van der Waals surface area contributed by atoms with Gasteiger partial charge in [0.15, 0.2) is 0 Å². The number of likely N-dealkylation sites (tertiary alicyclic amines) is 1. The SMILES string of the molecule is Cc1nc2cc(-c3ccnc(N)n3)ccn2c1C(=O)N1CCCC1c1ccccc1. The summed E-state index contributed by atoms with van der Waals surface area (Å²) in [5.41, 5.74) is 10.5. The Morgan fingerprint density at radius 3 is 2.77 bits per heavy atom. The van der Waals surface area contributed by atoms with Crippen LogP contribution in [0.4, 0.5) is 5.95 Å². The maximum atomic E-state index is 13.6. The van der Waals surface area contributed by atoms with E-state index in [9.17, 15) is 4.79 Å². The van der Waals surface area contributed by atoms with Gasteiger partial charge in [0.1, 0.15) is 11.3 Å². The zero-order chi connectivity index (χ0) is 20.7. The van der Waals surface area contributed by atoms with E-state index in [1.54, 1.807) is 12.3 Å². The number of hydrogen-bond donors (Lipinski definition) is 1. The molecule has 0 radical (unpaired) electrons. The standard InChI is InChI=1S/C23H22N6O/c1-15-21(22(30)28-12-5-8-19(28)16-6-3-2-4-7-16)29-13-10-17(14-20(29)26-15)18-9-11-25-23(24)27-18/h2-4,6-7,9-11,13-14,19H,5,8,12H2,1H3,(H2,24,25,27). The first-order valence-corrected chi connectivity index (χ1v) is 10.1. The van der Waals surface area contributed by atoms with Crippen LogP contribution in [0, 0.1) is 6.92 Å². The Morgan fingerprint density at radius 1 is 1.13 bits per heavy atom. The van der Waals surface area contributed by atoms with Gasteiger partial charge >= 0.3 is 0 Å². The summed E-state index contributed by atoms with van der Waals surface area (Å²) < 4.78 is 1.87. The quantitative estimate of drug-likeness (QED) is 0.569. The summed E-state index contributed by atoms with van der Waals surface area (Å²) in [6.07, 6.45) is 5.49. The number of nitrogens with zero attached hydrogens (tertiary/aromatic N) is 5. The summed E-state index contributed by atoms with van der Waals surface area (Å²) in [5.74, 6) is 0.245. The molecule has 1 unspecified atom stereocenters. The highest BCUT2D eigenvalue weighted by atomic mass is 16.2. The fourth-order valence-corrected chi connectivity index (χ4v) is 4.28. The van der Waals surface area contributed by atoms with Crippen molar-refractivity contribution >= 4 is 17.5 Å². The van der Waals surface area contributed by atoms with Crippen LogP contribution in [0.25, 0.3) is 16.9 Å². The van der Waals surface area contributed by atoms with Crippen molar-refractivity contribution in [2.24, 2.45) is 0 Å². The predicted octanol–water partition coefficient (Wildman–Crippen LogP) is 3.66. The zero-order valence-electron chi connectivity index (χ0n) is 16.7. The average Bonchev–Trinajstić information content (AvgIpc) is 3.37. The van der Waals surface area contributed by atoms with Gasteiger partial charge in [-0.25, -0.2) is 15.0 Å². The molecule has 1 saturated heterocycles. The molecule has 4 aromatic rings. The Bertz CT molecular complexity index is 1230. The second-order valence-corrected chi connectivity index (χ2v) is 7.56. The fourth-order valence-electron chi connectivity index (χ4n) is 4.28. The van der Waals surface area contributed by atoms with E-state index in [2.05, 4.69) is 27.1 Å². The predicted molar refractivity (Wildman–Crippen MR) is 115 cm³/mol. The molecule has 7 heteroatoms. The third-order valence-corrected chi connectivity index (χ3v) is 5.67. The van der Waals surface area contributed by atoms with Gasteiger partial charge in [0.25, 0.3) is 5.91 Å². The van der Waals surface area contributed by atoms with Gasteiger partial charge in [-0.1, -0.05) is 30.3 Å². The van der Waals surface area contributed by atoms with Gasteiger partial charge in [0.05, 0.1) is 17.4 Å². The Morgan fingerprint density at radius 2 is 1.97 bits per heavy atom. The molecule has 7 nitrogen and oxygen atoms in total. The molecule has 1 aromatic carbocycles. The molecule has 30 heavy (non-hydrogen) atoms. The minimum Gasteiger partial charge on any atom is -0.368 e. The molecular formula is C23H22N6O. The lowest BCUT2D eigenvalue weighted by Gasteiger charge is -2.25. The van der Waals surface area contributed by atoms with Crippen LogP contribution < -0.4 is 5.73 Å².